The van der Waals surface area contributed by atoms with E-state index in [2.05, 4.69) is 30.7 Å². The Morgan fingerprint density at radius 1 is 1.10 bits per heavy atom. The van der Waals surface area contributed by atoms with Crippen molar-refractivity contribution in [2.24, 2.45) is 11.1 Å². The number of nitrogens with two attached hydrogens (primary N) is 1. The molecule has 116 valence electrons. The van der Waals surface area contributed by atoms with E-state index in [4.69, 9.17) is 5.73 Å². The molecule has 3 fully saturated rings. The van der Waals surface area contributed by atoms with E-state index in [0.717, 1.165) is 18.6 Å². The molecule has 3 rings (SSSR count). The lowest BCUT2D eigenvalue weighted by Crippen LogP contribution is -2.63. The number of nitrogens with zero attached hydrogens (tertiary/aromatic N) is 2. The van der Waals surface area contributed by atoms with Crippen LogP contribution in [0, 0.1) is 5.41 Å². The molecule has 3 nitrogen and oxygen atoms in total. The Hall–Kier alpha value is -0.120. The zero-order valence-corrected chi connectivity index (χ0v) is 13.7. The Kier molecular flexibility index (Phi) is 3.89. The topological polar surface area (TPSA) is 32.5 Å². The van der Waals surface area contributed by atoms with E-state index in [1.807, 2.05) is 0 Å². The van der Waals surface area contributed by atoms with E-state index in [1.54, 1.807) is 0 Å². The zero-order valence-electron chi connectivity index (χ0n) is 13.7. The van der Waals surface area contributed by atoms with Crippen molar-refractivity contribution in [1.29, 1.82) is 0 Å². The van der Waals surface area contributed by atoms with Crippen LogP contribution in [0.25, 0.3) is 0 Å². The molecular formula is C17H33N3. The number of fused-ring (bicyclic) bond motifs is 2. The summed E-state index contributed by atoms with van der Waals surface area (Å²) in [7, 11) is 2.33. The zero-order chi connectivity index (χ0) is 14.4. The minimum atomic E-state index is 0.313. The van der Waals surface area contributed by atoms with Gasteiger partial charge in [-0.2, -0.15) is 0 Å². The lowest BCUT2D eigenvalue weighted by molar-refractivity contribution is -0.0308. The van der Waals surface area contributed by atoms with Crippen LogP contribution in [-0.4, -0.2) is 54.1 Å². The average molecular weight is 279 g/mol. The average Bonchev–Trinajstić information content (AvgIpc) is 2.70. The van der Waals surface area contributed by atoms with Crippen molar-refractivity contribution in [3.05, 3.63) is 0 Å². The molecule has 2 N–H and O–H groups in total. The van der Waals surface area contributed by atoms with Gasteiger partial charge in [-0.3, -0.25) is 4.90 Å². The van der Waals surface area contributed by atoms with Crippen molar-refractivity contribution < 1.29 is 0 Å². The Morgan fingerprint density at radius 2 is 1.65 bits per heavy atom. The van der Waals surface area contributed by atoms with E-state index < -0.39 is 0 Å². The molecule has 0 aliphatic carbocycles. The van der Waals surface area contributed by atoms with Crippen molar-refractivity contribution in [3.63, 3.8) is 0 Å². The Bertz CT molecular complexity index is 332. The van der Waals surface area contributed by atoms with Gasteiger partial charge in [-0.1, -0.05) is 20.3 Å². The standard InChI is InChI=1S/C17H33N3/c1-4-16(2)7-9-20(10-8-16)17(13-18)11-14-5-6-15(12-17)19(14)3/h14-15H,4-13,18H2,1-3H3. The van der Waals surface area contributed by atoms with Gasteiger partial charge in [0.2, 0.25) is 0 Å². The summed E-state index contributed by atoms with van der Waals surface area (Å²) in [6.45, 7) is 8.22. The van der Waals surface area contributed by atoms with Crippen LogP contribution < -0.4 is 5.73 Å². The van der Waals surface area contributed by atoms with Gasteiger partial charge in [0.1, 0.15) is 0 Å². The van der Waals surface area contributed by atoms with Crippen molar-refractivity contribution in [2.75, 3.05) is 26.7 Å². The third kappa shape index (κ3) is 2.32. The van der Waals surface area contributed by atoms with Gasteiger partial charge in [0.05, 0.1) is 0 Å². The van der Waals surface area contributed by atoms with Crippen LogP contribution >= 0.6 is 0 Å². The van der Waals surface area contributed by atoms with E-state index in [0.29, 0.717) is 11.0 Å². The van der Waals surface area contributed by atoms with Crippen LogP contribution in [0.2, 0.25) is 0 Å². The fourth-order valence-electron chi connectivity index (χ4n) is 4.97. The maximum absolute atomic E-state index is 6.31. The molecule has 0 aromatic carbocycles. The molecule has 3 heteroatoms. The summed E-state index contributed by atoms with van der Waals surface area (Å²) in [6.07, 6.45) is 9.43. The molecule has 0 amide bonds. The summed E-state index contributed by atoms with van der Waals surface area (Å²) in [6, 6.07) is 1.58. The summed E-state index contributed by atoms with van der Waals surface area (Å²) in [5, 5.41) is 0. The van der Waals surface area contributed by atoms with Crippen LogP contribution in [0.4, 0.5) is 0 Å². The van der Waals surface area contributed by atoms with Crippen molar-refractivity contribution in [1.82, 2.24) is 9.80 Å². The molecule has 2 bridgehead atoms. The summed E-state index contributed by atoms with van der Waals surface area (Å²) < 4.78 is 0. The first-order chi connectivity index (χ1) is 9.52. The first-order valence-corrected chi connectivity index (χ1v) is 8.69. The molecule has 20 heavy (non-hydrogen) atoms. The van der Waals surface area contributed by atoms with E-state index >= 15 is 0 Å². The molecule has 3 saturated heterocycles. The molecule has 3 aliphatic heterocycles. The number of likely N-dealkylation sites (tertiary alicyclic amines) is 1. The molecular weight excluding hydrogens is 246 g/mol. The van der Waals surface area contributed by atoms with Crippen LogP contribution in [0.15, 0.2) is 0 Å². The highest BCUT2D eigenvalue weighted by molar-refractivity contribution is 5.07. The maximum atomic E-state index is 6.31. The Labute approximate surface area is 124 Å². The molecule has 0 spiro atoms. The molecule has 2 atom stereocenters. The maximum Gasteiger partial charge on any atom is 0.0361 e. The lowest BCUT2D eigenvalue weighted by atomic mass is 9.74. The van der Waals surface area contributed by atoms with Gasteiger partial charge in [0.25, 0.3) is 0 Å². The second-order valence-corrected chi connectivity index (χ2v) is 8.04. The van der Waals surface area contributed by atoms with Crippen LogP contribution in [-0.2, 0) is 0 Å². The Balaban J connectivity index is 1.72. The predicted octanol–water partition coefficient (Wildman–Crippen LogP) is 2.45. The van der Waals surface area contributed by atoms with Gasteiger partial charge in [-0.15, -0.1) is 0 Å². The highest BCUT2D eigenvalue weighted by Crippen LogP contribution is 2.45. The minimum absolute atomic E-state index is 0.313. The van der Waals surface area contributed by atoms with Gasteiger partial charge >= 0.3 is 0 Å². The molecule has 0 saturated carbocycles. The van der Waals surface area contributed by atoms with Crippen molar-refractivity contribution in [2.45, 2.75) is 76.4 Å². The molecule has 2 unspecified atom stereocenters. The third-order valence-corrected chi connectivity index (χ3v) is 7.09. The summed E-state index contributed by atoms with van der Waals surface area (Å²) in [5.41, 5.74) is 7.20. The molecule has 3 heterocycles. The van der Waals surface area contributed by atoms with Crippen molar-refractivity contribution in [3.8, 4) is 0 Å². The van der Waals surface area contributed by atoms with Gasteiger partial charge in [0.15, 0.2) is 0 Å². The Morgan fingerprint density at radius 3 is 2.10 bits per heavy atom. The smallest absolute Gasteiger partial charge is 0.0361 e. The first-order valence-electron chi connectivity index (χ1n) is 8.69. The number of hydrogen-bond donors (Lipinski definition) is 1. The van der Waals surface area contributed by atoms with E-state index in [-0.39, 0.29) is 0 Å². The fraction of sp³-hybridized carbons (Fsp3) is 1.00. The van der Waals surface area contributed by atoms with E-state index in [9.17, 15) is 0 Å². The SMILES string of the molecule is CCC1(C)CCN(C2(CN)CC3CCC(C2)N3C)CC1. The van der Waals surface area contributed by atoms with Crippen LogP contribution in [0.5, 0.6) is 0 Å². The third-order valence-electron chi connectivity index (χ3n) is 7.09. The quantitative estimate of drug-likeness (QED) is 0.861. The largest absolute Gasteiger partial charge is 0.329 e. The fourth-order valence-corrected chi connectivity index (χ4v) is 4.97. The second kappa shape index (κ2) is 5.26. The lowest BCUT2D eigenvalue weighted by Gasteiger charge is -2.54. The highest BCUT2D eigenvalue weighted by atomic mass is 15.3. The van der Waals surface area contributed by atoms with E-state index in [1.165, 1.54) is 58.0 Å². The minimum Gasteiger partial charge on any atom is -0.329 e. The highest BCUT2D eigenvalue weighted by Gasteiger charge is 2.50. The molecule has 0 aromatic rings. The number of piperidine rings is 2. The number of rotatable bonds is 3. The van der Waals surface area contributed by atoms with Gasteiger partial charge in [-0.05, 0) is 64.1 Å². The normalized spacial score (nSPS) is 42.0. The van der Waals surface area contributed by atoms with Gasteiger partial charge in [0, 0.05) is 24.2 Å². The van der Waals surface area contributed by atoms with Gasteiger partial charge < -0.3 is 10.6 Å². The molecule has 0 radical (unpaired) electrons. The summed E-state index contributed by atoms with van der Waals surface area (Å²) >= 11 is 0. The second-order valence-electron chi connectivity index (χ2n) is 8.04. The molecule has 3 aliphatic rings. The number of hydrogen-bond acceptors (Lipinski definition) is 3. The first kappa shape index (κ1) is 14.8. The van der Waals surface area contributed by atoms with Crippen LogP contribution in [0.1, 0.15) is 58.8 Å². The van der Waals surface area contributed by atoms with Gasteiger partial charge in [-0.25, -0.2) is 0 Å². The summed E-state index contributed by atoms with van der Waals surface area (Å²) in [5.74, 6) is 0. The monoisotopic (exact) mass is 279 g/mol. The summed E-state index contributed by atoms with van der Waals surface area (Å²) in [4.78, 5) is 5.41. The predicted molar refractivity (Wildman–Crippen MR) is 84.8 cm³/mol. The molecule has 0 aromatic heterocycles. The van der Waals surface area contributed by atoms with Crippen LogP contribution in [0.3, 0.4) is 0 Å². The van der Waals surface area contributed by atoms with Crippen molar-refractivity contribution >= 4 is 0 Å².